The minimum Gasteiger partial charge on any atom is -0.313 e. The lowest BCUT2D eigenvalue weighted by Gasteiger charge is -2.20. The van der Waals surface area contributed by atoms with Crippen molar-refractivity contribution in [3.63, 3.8) is 0 Å². The maximum atomic E-state index is 11.7. The third-order valence-corrected chi connectivity index (χ3v) is 3.66. The third kappa shape index (κ3) is 3.20. The first-order chi connectivity index (χ1) is 7.06. The highest BCUT2D eigenvalue weighted by Gasteiger charge is 2.13. The van der Waals surface area contributed by atoms with Crippen molar-refractivity contribution in [2.45, 2.75) is 27.3 Å². The van der Waals surface area contributed by atoms with Crippen molar-refractivity contribution in [3.8, 4) is 0 Å². The number of pyridine rings is 1. The Balaban J connectivity index is 2.93. The number of hydrogen-bond acceptors (Lipinski definition) is 1. The van der Waals surface area contributed by atoms with Crippen LogP contribution in [0, 0.1) is 18.8 Å². The van der Waals surface area contributed by atoms with E-state index < -0.39 is 0 Å². The molecular formula is C12H18BrNO. The molecule has 0 amide bonds. The highest BCUT2D eigenvalue weighted by atomic mass is 79.9. The van der Waals surface area contributed by atoms with Gasteiger partial charge in [0.05, 0.1) is 0 Å². The van der Waals surface area contributed by atoms with Gasteiger partial charge in [-0.3, -0.25) is 4.79 Å². The zero-order chi connectivity index (χ0) is 11.4. The molecule has 0 aliphatic heterocycles. The second kappa shape index (κ2) is 5.50. The molecule has 0 N–H and O–H groups in total. The molecule has 1 heterocycles. The summed E-state index contributed by atoms with van der Waals surface area (Å²) < 4.78 is 1.85. The molecule has 0 aromatic carbocycles. The van der Waals surface area contributed by atoms with E-state index in [2.05, 4.69) is 29.8 Å². The van der Waals surface area contributed by atoms with Gasteiger partial charge in [-0.15, -0.1) is 0 Å². The van der Waals surface area contributed by atoms with Crippen molar-refractivity contribution in [1.82, 2.24) is 4.57 Å². The Hall–Kier alpha value is -0.570. The summed E-state index contributed by atoms with van der Waals surface area (Å²) >= 11 is 3.51. The molecule has 1 unspecified atom stereocenters. The Bertz CT molecular complexity index is 370. The average molecular weight is 272 g/mol. The number of alkyl halides is 1. The van der Waals surface area contributed by atoms with Gasteiger partial charge in [0, 0.05) is 23.6 Å². The number of rotatable bonds is 4. The molecule has 3 heteroatoms. The molecule has 0 fully saturated rings. The van der Waals surface area contributed by atoms with Crippen molar-refractivity contribution < 1.29 is 0 Å². The van der Waals surface area contributed by atoms with Gasteiger partial charge in [0.15, 0.2) is 0 Å². The van der Waals surface area contributed by atoms with Crippen LogP contribution in [-0.4, -0.2) is 9.90 Å². The van der Waals surface area contributed by atoms with Crippen LogP contribution in [-0.2, 0) is 6.54 Å². The van der Waals surface area contributed by atoms with Gasteiger partial charge < -0.3 is 4.57 Å². The van der Waals surface area contributed by atoms with E-state index in [9.17, 15) is 4.79 Å². The minimum atomic E-state index is 0.0987. The summed E-state index contributed by atoms with van der Waals surface area (Å²) in [5.74, 6) is 1.08. The van der Waals surface area contributed by atoms with Gasteiger partial charge in [-0.05, 0) is 24.8 Å². The molecule has 0 aliphatic carbocycles. The quantitative estimate of drug-likeness (QED) is 0.772. The summed E-state index contributed by atoms with van der Waals surface area (Å²) in [6, 6.07) is 5.41. The van der Waals surface area contributed by atoms with Crippen LogP contribution in [0.25, 0.3) is 0 Å². The number of aryl methyl sites for hydroxylation is 1. The molecule has 0 radical (unpaired) electrons. The van der Waals surface area contributed by atoms with E-state index in [1.54, 1.807) is 6.07 Å². The van der Waals surface area contributed by atoms with E-state index in [-0.39, 0.29) is 5.56 Å². The van der Waals surface area contributed by atoms with E-state index in [4.69, 9.17) is 0 Å². The lowest BCUT2D eigenvalue weighted by Crippen LogP contribution is -2.27. The highest BCUT2D eigenvalue weighted by molar-refractivity contribution is 9.09. The first kappa shape index (κ1) is 12.5. The predicted molar refractivity (Wildman–Crippen MR) is 67.6 cm³/mol. The molecule has 0 bridgehead atoms. The maximum absolute atomic E-state index is 11.7. The fourth-order valence-corrected chi connectivity index (χ4v) is 2.48. The normalized spacial score (nSPS) is 13.1. The second-order valence-corrected chi connectivity index (χ2v) is 4.92. The molecule has 0 saturated carbocycles. The fourth-order valence-electron chi connectivity index (χ4n) is 1.53. The van der Waals surface area contributed by atoms with Gasteiger partial charge in [0.25, 0.3) is 5.56 Å². The van der Waals surface area contributed by atoms with Crippen molar-refractivity contribution in [1.29, 1.82) is 0 Å². The van der Waals surface area contributed by atoms with Crippen LogP contribution in [0.15, 0.2) is 23.0 Å². The van der Waals surface area contributed by atoms with Crippen LogP contribution in [0.5, 0.6) is 0 Å². The van der Waals surface area contributed by atoms with Crippen molar-refractivity contribution in [2.24, 2.45) is 11.8 Å². The summed E-state index contributed by atoms with van der Waals surface area (Å²) in [7, 11) is 0. The highest BCUT2D eigenvalue weighted by Crippen LogP contribution is 2.16. The molecule has 1 rings (SSSR count). The molecule has 0 saturated heterocycles. The topological polar surface area (TPSA) is 22.0 Å². The minimum absolute atomic E-state index is 0.0987. The molecule has 84 valence electrons. The Labute approximate surface area is 99.4 Å². The molecule has 15 heavy (non-hydrogen) atoms. The van der Waals surface area contributed by atoms with Gasteiger partial charge in [-0.25, -0.2) is 0 Å². The second-order valence-electron chi connectivity index (χ2n) is 4.27. The Morgan fingerprint density at radius 2 is 2.07 bits per heavy atom. The average Bonchev–Trinajstić information content (AvgIpc) is 2.17. The summed E-state index contributed by atoms with van der Waals surface area (Å²) in [5.41, 5.74) is 1.13. The van der Waals surface area contributed by atoms with E-state index in [1.807, 2.05) is 23.6 Å². The van der Waals surface area contributed by atoms with Crippen LogP contribution in [0.2, 0.25) is 0 Å². The summed E-state index contributed by atoms with van der Waals surface area (Å²) in [5, 5.41) is 0.936. The Morgan fingerprint density at radius 3 is 2.53 bits per heavy atom. The zero-order valence-corrected chi connectivity index (χ0v) is 11.1. The van der Waals surface area contributed by atoms with Gasteiger partial charge in [0.2, 0.25) is 0 Å². The van der Waals surface area contributed by atoms with Gasteiger partial charge in [-0.2, -0.15) is 0 Å². The molecule has 1 aromatic rings. The molecule has 0 aliphatic rings. The SMILES string of the molecule is Cc1cccc(=O)n1CC(CBr)C(C)C. The van der Waals surface area contributed by atoms with Crippen LogP contribution < -0.4 is 5.56 Å². The van der Waals surface area contributed by atoms with Crippen LogP contribution >= 0.6 is 15.9 Å². The number of nitrogens with zero attached hydrogens (tertiary/aromatic N) is 1. The van der Waals surface area contributed by atoms with E-state index in [0.717, 1.165) is 17.6 Å². The van der Waals surface area contributed by atoms with Crippen molar-refractivity contribution in [2.75, 3.05) is 5.33 Å². The van der Waals surface area contributed by atoms with Crippen molar-refractivity contribution >= 4 is 15.9 Å². The van der Waals surface area contributed by atoms with Gasteiger partial charge >= 0.3 is 0 Å². The standard InChI is InChI=1S/C12H18BrNO/c1-9(2)11(7-13)8-14-10(3)5-4-6-12(14)15/h4-6,9,11H,7-8H2,1-3H3. The predicted octanol–water partition coefficient (Wildman–Crippen LogP) is 2.82. The summed E-state index contributed by atoms with van der Waals surface area (Å²) in [4.78, 5) is 11.7. The first-order valence-electron chi connectivity index (χ1n) is 5.28. The fraction of sp³-hybridized carbons (Fsp3) is 0.583. The number of hydrogen-bond donors (Lipinski definition) is 0. The molecular weight excluding hydrogens is 254 g/mol. The molecule has 0 spiro atoms. The van der Waals surface area contributed by atoms with Gasteiger partial charge in [0.1, 0.15) is 0 Å². The zero-order valence-electron chi connectivity index (χ0n) is 9.53. The van der Waals surface area contributed by atoms with Crippen LogP contribution in [0.4, 0.5) is 0 Å². The maximum Gasteiger partial charge on any atom is 0.250 e. The lowest BCUT2D eigenvalue weighted by atomic mass is 9.98. The van der Waals surface area contributed by atoms with E-state index in [0.29, 0.717) is 11.8 Å². The largest absolute Gasteiger partial charge is 0.313 e. The Morgan fingerprint density at radius 1 is 1.40 bits per heavy atom. The third-order valence-electron chi connectivity index (χ3n) is 2.83. The molecule has 1 aromatic heterocycles. The Kier molecular flexibility index (Phi) is 4.58. The molecule has 1 atom stereocenters. The van der Waals surface area contributed by atoms with Gasteiger partial charge in [-0.1, -0.05) is 35.8 Å². The summed E-state index contributed by atoms with van der Waals surface area (Å²) in [6.07, 6.45) is 0. The van der Waals surface area contributed by atoms with E-state index in [1.165, 1.54) is 0 Å². The number of aromatic nitrogens is 1. The summed E-state index contributed by atoms with van der Waals surface area (Å²) in [6.45, 7) is 7.16. The molecule has 2 nitrogen and oxygen atoms in total. The lowest BCUT2D eigenvalue weighted by molar-refractivity contribution is 0.365. The number of halogens is 1. The van der Waals surface area contributed by atoms with Crippen molar-refractivity contribution in [3.05, 3.63) is 34.2 Å². The smallest absolute Gasteiger partial charge is 0.250 e. The monoisotopic (exact) mass is 271 g/mol. The first-order valence-corrected chi connectivity index (χ1v) is 6.40. The van der Waals surface area contributed by atoms with Crippen LogP contribution in [0.1, 0.15) is 19.5 Å². The van der Waals surface area contributed by atoms with Crippen LogP contribution in [0.3, 0.4) is 0 Å². The van der Waals surface area contributed by atoms with E-state index >= 15 is 0 Å².